The van der Waals surface area contributed by atoms with E-state index in [1.807, 2.05) is 36.4 Å². The summed E-state index contributed by atoms with van der Waals surface area (Å²) >= 11 is 13.5. The molecule has 0 spiro atoms. The zero-order chi connectivity index (χ0) is 18.1. The third kappa shape index (κ3) is 3.13. The number of hydroxylamine groups is 1. The van der Waals surface area contributed by atoms with Gasteiger partial charge < -0.3 is 9.94 Å². The zero-order valence-electron chi connectivity index (χ0n) is 13.4. The second-order valence-corrected chi connectivity index (χ2v) is 8.03. The molecule has 1 aliphatic heterocycles. The Balaban J connectivity index is 1.83. The molecule has 4 rings (SSSR count). The van der Waals surface area contributed by atoms with Crippen molar-refractivity contribution in [3.05, 3.63) is 92.4 Å². The van der Waals surface area contributed by atoms with E-state index in [2.05, 4.69) is 10.5 Å². The highest BCUT2D eigenvalue weighted by Gasteiger charge is 2.44. The van der Waals surface area contributed by atoms with Crippen molar-refractivity contribution in [1.82, 2.24) is 10.5 Å². The van der Waals surface area contributed by atoms with Crippen LogP contribution in [0.3, 0.4) is 0 Å². The number of nitrogens with one attached hydrogen (secondary N) is 1. The Labute approximate surface area is 164 Å². The molecular weight excluding hydrogens is 391 g/mol. The molecule has 7 heteroatoms. The third-order valence-electron chi connectivity index (χ3n) is 4.26. The fraction of sp³-hybridized carbons (Fsp3) is 0.105. The van der Waals surface area contributed by atoms with Crippen molar-refractivity contribution >= 4 is 40.3 Å². The molecule has 2 atom stereocenters. The minimum absolute atomic E-state index is 0.611. The van der Waals surface area contributed by atoms with E-state index in [-0.39, 0.29) is 0 Å². The number of rotatable bonds is 4. The molecule has 3 aromatic rings. The molecule has 1 aromatic carbocycles. The van der Waals surface area contributed by atoms with Crippen LogP contribution in [-0.2, 0) is 10.4 Å². The SMILES string of the molecule is OC(c1cccnc1)C1(c2ccc(Cl)cc2)C=C(c2ccc(Cl)s2)ON1. The molecule has 0 bridgehead atoms. The quantitative estimate of drug-likeness (QED) is 0.645. The van der Waals surface area contributed by atoms with Gasteiger partial charge in [0.15, 0.2) is 5.76 Å². The lowest BCUT2D eigenvalue weighted by Gasteiger charge is -2.32. The Morgan fingerprint density at radius 1 is 1.12 bits per heavy atom. The molecule has 2 unspecified atom stereocenters. The minimum atomic E-state index is -0.987. The summed E-state index contributed by atoms with van der Waals surface area (Å²) in [5, 5.41) is 11.8. The summed E-state index contributed by atoms with van der Waals surface area (Å²) in [5.74, 6) is 0.611. The van der Waals surface area contributed by atoms with Crippen molar-refractivity contribution in [3.8, 4) is 0 Å². The first-order chi connectivity index (χ1) is 12.6. The van der Waals surface area contributed by atoms with Crippen LogP contribution < -0.4 is 5.48 Å². The van der Waals surface area contributed by atoms with Crippen molar-refractivity contribution in [1.29, 1.82) is 0 Å². The van der Waals surface area contributed by atoms with Gasteiger partial charge in [-0.2, -0.15) is 0 Å². The van der Waals surface area contributed by atoms with E-state index in [1.54, 1.807) is 30.6 Å². The molecule has 0 amide bonds. The zero-order valence-corrected chi connectivity index (χ0v) is 15.7. The summed E-state index contributed by atoms with van der Waals surface area (Å²) in [5.41, 5.74) is 3.51. The summed E-state index contributed by atoms with van der Waals surface area (Å²) in [6, 6.07) is 14.6. The maximum Gasteiger partial charge on any atom is 0.162 e. The fourth-order valence-electron chi connectivity index (χ4n) is 2.93. The Bertz CT molecular complexity index is 944. The van der Waals surface area contributed by atoms with Gasteiger partial charge in [0.2, 0.25) is 0 Å². The van der Waals surface area contributed by atoms with Crippen LogP contribution in [0.5, 0.6) is 0 Å². The van der Waals surface area contributed by atoms with Crippen molar-refractivity contribution < 1.29 is 9.94 Å². The lowest BCUT2D eigenvalue weighted by molar-refractivity contribution is 0.0144. The lowest BCUT2D eigenvalue weighted by atomic mass is 9.82. The Kier molecular flexibility index (Phi) is 4.73. The van der Waals surface area contributed by atoms with E-state index < -0.39 is 11.6 Å². The number of benzene rings is 1. The first kappa shape index (κ1) is 17.5. The van der Waals surface area contributed by atoms with Crippen LogP contribution >= 0.6 is 34.5 Å². The van der Waals surface area contributed by atoms with Crippen LogP contribution in [0, 0.1) is 0 Å². The van der Waals surface area contributed by atoms with Gasteiger partial charge in [-0.15, -0.1) is 16.8 Å². The predicted octanol–water partition coefficient (Wildman–Crippen LogP) is 4.95. The van der Waals surface area contributed by atoms with E-state index in [9.17, 15) is 5.11 Å². The van der Waals surface area contributed by atoms with Crippen LogP contribution in [0.2, 0.25) is 9.36 Å². The smallest absolute Gasteiger partial charge is 0.162 e. The average molecular weight is 405 g/mol. The highest BCUT2D eigenvalue weighted by molar-refractivity contribution is 7.17. The van der Waals surface area contributed by atoms with E-state index in [0.29, 0.717) is 20.7 Å². The second-order valence-electron chi connectivity index (χ2n) is 5.88. The number of aliphatic hydroxyl groups excluding tert-OH is 1. The van der Waals surface area contributed by atoms with Crippen molar-refractivity contribution in [2.75, 3.05) is 0 Å². The Morgan fingerprint density at radius 3 is 2.58 bits per heavy atom. The molecule has 2 N–H and O–H groups in total. The molecule has 3 heterocycles. The maximum absolute atomic E-state index is 11.2. The first-order valence-electron chi connectivity index (χ1n) is 7.85. The number of nitrogens with zero attached hydrogens (tertiary/aromatic N) is 1. The summed E-state index contributed by atoms with van der Waals surface area (Å²) in [6.07, 6.45) is 4.25. The normalized spacial score (nSPS) is 20.5. The largest absolute Gasteiger partial charge is 0.406 e. The molecule has 4 nitrogen and oxygen atoms in total. The van der Waals surface area contributed by atoms with Crippen LogP contribution in [0.25, 0.3) is 5.76 Å². The van der Waals surface area contributed by atoms with E-state index in [1.165, 1.54) is 11.3 Å². The molecule has 132 valence electrons. The number of halogens is 2. The van der Waals surface area contributed by atoms with Crippen molar-refractivity contribution in [2.24, 2.45) is 0 Å². The van der Waals surface area contributed by atoms with Gasteiger partial charge in [-0.25, -0.2) is 0 Å². The number of aromatic nitrogens is 1. The van der Waals surface area contributed by atoms with E-state index in [0.717, 1.165) is 10.4 Å². The number of pyridine rings is 1. The lowest BCUT2D eigenvalue weighted by Crippen LogP contribution is -2.42. The standard InChI is InChI=1S/C19H14Cl2N2O2S/c20-14-5-3-13(4-6-14)19(18(24)12-2-1-9-22-11-12)10-15(25-23-19)16-7-8-17(21)26-16/h1-11,18,23-24H. The van der Waals surface area contributed by atoms with Crippen molar-refractivity contribution in [3.63, 3.8) is 0 Å². The molecule has 0 radical (unpaired) electrons. The molecule has 2 aromatic heterocycles. The topological polar surface area (TPSA) is 54.4 Å². The number of thiophene rings is 1. The van der Waals surface area contributed by atoms with E-state index >= 15 is 0 Å². The van der Waals surface area contributed by atoms with Gasteiger partial charge >= 0.3 is 0 Å². The predicted molar refractivity (Wildman–Crippen MR) is 104 cm³/mol. The molecule has 0 saturated heterocycles. The molecule has 26 heavy (non-hydrogen) atoms. The highest BCUT2D eigenvalue weighted by atomic mass is 35.5. The highest BCUT2D eigenvalue weighted by Crippen LogP contribution is 2.44. The fourth-order valence-corrected chi connectivity index (χ4v) is 4.06. The van der Waals surface area contributed by atoms with Gasteiger partial charge in [0, 0.05) is 23.0 Å². The monoisotopic (exact) mass is 404 g/mol. The molecule has 0 aliphatic carbocycles. The summed E-state index contributed by atoms with van der Waals surface area (Å²) < 4.78 is 0.668. The Morgan fingerprint density at radius 2 is 1.92 bits per heavy atom. The van der Waals surface area contributed by atoms with Crippen LogP contribution in [0.1, 0.15) is 22.1 Å². The van der Waals surface area contributed by atoms with Gasteiger partial charge in [0.1, 0.15) is 11.6 Å². The van der Waals surface area contributed by atoms with Crippen LogP contribution in [0.15, 0.2) is 67.0 Å². The van der Waals surface area contributed by atoms with Crippen molar-refractivity contribution in [2.45, 2.75) is 11.6 Å². The minimum Gasteiger partial charge on any atom is -0.406 e. The van der Waals surface area contributed by atoms with Gasteiger partial charge in [0.25, 0.3) is 0 Å². The summed E-state index contributed by atoms with van der Waals surface area (Å²) in [4.78, 5) is 10.7. The first-order valence-corrected chi connectivity index (χ1v) is 9.42. The second kappa shape index (κ2) is 7.02. The number of hydrogen-bond donors (Lipinski definition) is 2. The summed E-state index contributed by atoms with van der Waals surface area (Å²) in [7, 11) is 0. The van der Waals surface area contributed by atoms with Gasteiger partial charge in [0.05, 0.1) is 9.21 Å². The summed E-state index contributed by atoms with van der Waals surface area (Å²) in [6.45, 7) is 0. The van der Waals surface area contributed by atoms with Crippen LogP contribution in [-0.4, -0.2) is 10.1 Å². The molecule has 0 fully saturated rings. The van der Waals surface area contributed by atoms with Gasteiger partial charge in [-0.1, -0.05) is 41.4 Å². The molecular formula is C19H14Cl2N2O2S. The van der Waals surface area contributed by atoms with Crippen LogP contribution in [0.4, 0.5) is 0 Å². The maximum atomic E-state index is 11.2. The van der Waals surface area contributed by atoms with Gasteiger partial charge in [-0.05, 0) is 42.0 Å². The number of aliphatic hydroxyl groups is 1. The van der Waals surface area contributed by atoms with E-state index in [4.69, 9.17) is 28.0 Å². The Hall–Kier alpha value is -1.89. The van der Waals surface area contributed by atoms with Gasteiger partial charge in [-0.3, -0.25) is 4.98 Å². The number of hydrogen-bond acceptors (Lipinski definition) is 5. The molecule has 0 saturated carbocycles. The third-order valence-corrected chi connectivity index (χ3v) is 5.76. The average Bonchev–Trinajstić information content (AvgIpc) is 3.30. The molecule has 1 aliphatic rings.